The number of benzene rings is 2. The van der Waals surface area contributed by atoms with E-state index in [2.05, 4.69) is 25.9 Å². The van der Waals surface area contributed by atoms with Gasteiger partial charge in [-0.3, -0.25) is 4.79 Å². The maximum atomic E-state index is 12.9. The van der Waals surface area contributed by atoms with Crippen molar-refractivity contribution in [3.8, 4) is 11.3 Å². The summed E-state index contributed by atoms with van der Waals surface area (Å²) < 4.78 is 5.60. The molecular formula is C23H23ClN2O2. The topological polar surface area (TPSA) is 46.3 Å². The van der Waals surface area contributed by atoms with Gasteiger partial charge in [-0.2, -0.15) is 0 Å². The Morgan fingerprint density at radius 2 is 1.75 bits per heavy atom. The molecule has 1 aromatic heterocycles. The predicted octanol–water partition coefficient (Wildman–Crippen LogP) is 5.49. The summed E-state index contributed by atoms with van der Waals surface area (Å²) in [7, 11) is 0. The van der Waals surface area contributed by atoms with E-state index in [9.17, 15) is 4.79 Å². The van der Waals surface area contributed by atoms with Gasteiger partial charge in [-0.15, -0.1) is 0 Å². The third-order valence-electron chi connectivity index (χ3n) is 5.23. The van der Waals surface area contributed by atoms with Crippen molar-refractivity contribution in [2.24, 2.45) is 0 Å². The summed E-state index contributed by atoms with van der Waals surface area (Å²) in [4.78, 5) is 14.8. The van der Waals surface area contributed by atoms with Gasteiger partial charge in [-0.05, 0) is 53.8 Å². The Kier molecular flexibility index (Phi) is 4.76. The molecule has 0 spiro atoms. The molecule has 28 heavy (non-hydrogen) atoms. The highest BCUT2D eigenvalue weighted by Crippen LogP contribution is 2.31. The van der Waals surface area contributed by atoms with Crippen LogP contribution in [0.3, 0.4) is 0 Å². The number of carbonyl (C=O) groups is 1. The molecule has 4 nitrogen and oxygen atoms in total. The first-order chi connectivity index (χ1) is 13.3. The molecule has 1 aliphatic rings. The minimum absolute atomic E-state index is 0.0298. The average Bonchev–Trinajstić information content (AvgIpc) is 3.10. The summed E-state index contributed by atoms with van der Waals surface area (Å²) in [6.07, 6.45) is 0.725. The van der Waals surface area contributed by atoms with Gasteiger partial charge in [0.1, 0.15) is 5.69 Å². The summed E-state index contributed by atoms with van der Waals surface area (Å²) in [5.41, 5.74) is 4.85. The highest BCUT2D eigenvalue weighted by atomic mass is 35.5. The minimum Gasteiger partial charge on any atom is -0.356 e. The lowest BCUT2D eigenvalue weighted by Gasteiger charge is -2.26. The summed E-state index contributed by atoms with van der Waals surface area (Å²) in [6, 6.07) is 15.4. The van der Waals surface area contributed by atoms with Crippen LogP contribution in [0, 0.1) is 0 Å². The van der Waals surface area contributed by atoms with Gasteiger partial charge in [0.15, 0.2) is 5.76 Å². The number of hydrogen-bond donors (Lipinski definition) is 0. The Bertz CT molecular complexity index is 999. The van der Waals surface area contributed by atoms with Gasteiger partial charge in [0.2, 0.25) is 0 Å². The molecule has 0 bridgehead atoms. The van der Waals surface area contributed by atoms with Crippen molar-refractivity contribution in [2.45, 2.75) is 39.2 Å². The van der Waals surface area contributed by atoms with E-state index < -0.39 is 0 Å². The number of aromatic nitrogens is 1. The number of hydrogen-bond acceptors (Lipinski definition) is 3. The first-order valence-electron chi connectivity index (χ1n) is 9.46. The smallest absolute Gasteiger partial charge is 0.254 e. The van der Waals surface area contributed by atoms with E-state index in [0.29, 0.717) is 23.7 Å². The molecule has 0 N–H and O–H groups in total. The van der Waals surface area contributed by atoms with Gasteiger partial charge in [0.25, 0.3) is 5.91 Å². The second-order valence-electron chi connectivity index (χ2n) is 8.25. The van der Waals surface area contributed by atoms with Gasteiger partial charge >= 0.3 is 0 Å². The van der Waals surface area contributed by atoms with E-state index in [1.807, 2.05) is 53.4 Å². The molecule has 0 radical (unpaired) electrons. The molecule has 3 aromatic rings. The normalized spacial score (nSPS) is 14.1. The van der Waals surface area contributed by atoms with E-state index in [4.69, 9.17) is 16.1 Å². The van der Waals surface area contributed by atoms with Crippen LogP contribution >= 0.6 is 11.6 Å². The zero-order valence-corrected chi connectivity index (χ0v) is 17.1. The summed E-state index contributed by atoms with van der Waals surface area (Å²) in [6.45, 7) is 7.61. The summed E-state index contributed by atoms with van der Waals surface area (Å²) in [5.74, 6) is 0.801. The number of fused-ring (bicyclic) bond motifs is 1. The monoisotopic (exact) mass is 394 g/mol. The van der Waals surface area contributed by atoms with Crippen molar-refractivity contribution in [1.29, 1.82) is 0 Å². The Balaban J connectivity index is 1.53. The van der Waals surface area contributed by atoms with Crippen LogP contribution < -0.4 is 0 Å². The maximum Gasteiger partial charge on any atom is 0.254 e. The SMILES string of the molecule is CC(C)(C)c1ccc(C(=O)N2CCc3c(noc3-c3ccc(Cl)cc3)C2)cc1. The minimum atomic E-state index is 0.0298. The first-order valence-corrected chi connectivity index (χ1v) is 9.84. The van der Waals surface area contributed by atoms with Crippen molar-refractivity contribution >= 4 is 17.5 Å². The second kappa shape index (κ2) is 7.10. The zero-order valence-electron chi connectivity index (χ0n) is 16.3. The van der Waals surface area contributed by atoms with Crippen LogP contribution in [-0.4, -0.2) is 22.5 Å². The Labute approximate surface area is 170 Å². The molecular weight excluding hydrogens is 372 g/mol. The van der Waals surface area contributed by atoms with E-state index in [-0.39, 0.29) is 11.3 Å². The van der Waals surface area contributed by atoms with Crippen LogP contribution in [-0.2, 0) is 18.4 Å². The van der Waals surface area contributed by atoms with Crippen LogP contribution in [0.1, 0.15) is 48.0 Å². The molecule has 0 saturated carbocycles. The van der Waals surface area contributed by atoms with Gasteiger partial charge < -0.3 is 9.42 Å². The van der Waals surface area contributed by atoms with Crippen molar-refractivity contribution < 1.29 is 9.32 Å². The zero-order chi connectivity index (χ0) is 19.9. The molecule has 0 atom stereocenters. The number of carbonyl (C=O) groups excluding carboxylic acids is 1. The third-order valence-corrected chi connectivity index (χ3v) is 5.49. The van der Waals surface area contributed by atoms with Crippen LogP contribution in [0.4, 0.5) is 0 Å². The van der Waals surface area contributed by atoms with Crippen molar-refractivity contribution in [3.63, 3.8) is 0 Å². The molecule has 0 aliphatic carbocycles. The fraction of sp³-hybridized carbons (Fsp3) is 0.304. The summed E-state index contributed by atoms with van der Waals surface area (Å²) >= 11 is 5.97. The highest BCUT2D eigenvalue weighted by molar-refractivity contribution is 6.30. The third kappa shape index (κ3) is 3.57. The van der Waals surface area contributed by atoms with E-state index in [1.165, 1.54) is 5.56 Å². The maximum absolute atomic E-state index is 12.9. The van der Waals surface area contributed by atoms with Crippen LogP contribution in [0.2, 0.25) is 5.02 Å². The molecule has 0 fully saturated rings. The number of nitrogens with zero attached hydrogens (tertiary/aromatic N) is 2. The molecule has 5 heteroatoms. The lowest BCUT2D eigenvalue weighted by Crippen LogP contribution is -2.36. The molecule has 4 rings (SSSR count). The number of rotatable bonds is 2. The van der Waals surface area contributed by atoms with E-state index in [1.54, 1.807) is 0 Å². The standard InChI is InChI=1S/C23H23ClN2O2/c1-23(2,3)17-8-4-16(5-9-17)22(27)26-13-12-19-20(14-26)25-28-21(19)15-6-10-18(24)11-7-15/h4-11H,12-14H2,1-3H3. The second-order valence-corrected chi connectivity index (χ2v) is 8.68. The summed E-state index contributed by atoms with van der Waals surface area (Å²) in [5, 5.41) is 4.91. The van der Waals surface area contributed by atoms with Crippen LogP contribution in [0.15, 0.2) is 53.1 Å². The Morgan fingerprint density at radius 3 is 2.39 bits per heavy atom. The highest BCUT2D eigenvalue weighted by Gasteiger charge is 2.28. The quantitative estimate of drug-likeness (QED) is 0.577. The van der Waals surface area contributed by atoms with Gasteiger partial charge in [-0.25, -0.2) is 0 Å². The van der Waals surface area contributed by atoms with E-state index >= 15 is 0 Å². The van der Waals surface area contributed by atoms with Crippen LogP contribution in [0.5, 0.6) is 0 Å². The lowest BCUT2D eigenvalue weighted by atomic mass is 9.86. The number of amides is 1. The predicted molar refractivity (Wildman–Crippen MR) is 111 cm³/mol. The molecule has 2 aromatic carbocycles. The Hall–Kier alpha value is -2.59. The fourth-order valence-corrected chi connectivity index (χ4v) is 3.65. The Morgan fingerprint density at radius 1 is 1.07 bits per heavy atom. The van der Waals surface area contributed by atoms with Gasteiger partial charge in [0, 0.05) is 28.3 Å². The molecule has 1 amide bonds. The van der Waals surface area contributed by atoms with Crippen molar-refractivity contribution in [3.05, 3.63) is 75.9 Å². The largest absolute Gasteiger partial charge is 0.356 e. The molecule has 0 saturated heterocycles. The lowest BCUT2D eigenvalue weighted by molar-refractivity contribution is 0.0731. The van der Waals surface area contributed by atoms with E-state index in [0.717, 1.165) is 29.0 Å². The fourth-order valence-electron chi connectivity index (χ4n) is 3.53. The van der Waals surface area contributed by atoms with Gasteiger partial charge in [0.05, 0.1) is 6.54 Å². The van der Waals surface area contributed by atoms with Crippen molar-refractivity contribution in [2.75, 3.05) is 6.54 Å². The van der Waals surface area contributed by atoms with Crippen molar-refractivity contribution in [1.82, 2.24) is 10.1 Å². The van der Waals surface area contributed by atoms with Crippen LogP contribution in [0.25, 0.3) is 11.3 Å². The molecule has 0 unspecified atom stereocenters. The molecule has 144 valence electrons. The molecule has 2 heterocycles. The first kappa shape index (κ1) is 18.8. The molecule has 1 aliphatic heterocycles. The average molecular weight is 395 g/mol. The number of halogens is 1. The van der Waals surface area contributed by atoms with Gasteiger partial charge in [-0.1, -0.05) is 49.7 Å².